The predicted octanol–water partition coefficient (Wildman–Crippen LogP) is 2.69. The molecule has 0 heterocycles. The van der Waals surface area contributed by atoms with Gasteiger partial charge in [-0.05, 0) is 24.3 Å². The average molecular weight is 470 g/mol. The van der Waals surface area contributed by atoms with Crippen LogP contribution in [0.15, 0.2) is 41.3 Å². The lowest BCUT2D eigenvalue weighted by Crippen LogP contribution is -2.30. The molecule has 0 aliphatic heterocycles. The van der Waals surface area contributed by atoms with Crippen LogP contribution < -0.4 is 10.1 Å². The van der Waals surface area contributed by atoms with E-state index < -0.39 is 49.6 Å². The molecule has 1 N–H and O–H groups in total. The van der Waals surface area contributed by atoms with Gasteiger partial charge in [-0.15, -0.1) is 0 Å². The van der Waals surface area contributed by atoms with Gasteiger partial charge in [0.2, 0.25) is 15.8 Å². The summed E-state index contributed by atoms with van der Waals surface area (Å²) in [6.45, 7) is 2.87. The molecule has 172 valence electrons. The van der Waals surface area contributed by atoms with E-state index in [0.717, 1.165) is 40.7 Å². The molecule has 2 aromatic rings. The molecule has 0 saturated heterocycles. The number of anilines is 1. The molecule has 14 heteroatoms. The molecule has 32 heavy (non-hydrogen) atoms. The third-order valence-corrected chi connectivity index (χ3v) is 6.30. The van der Waals surface area contributed by atoms with Gasteiger partial charge in [-0.3, -0.25) is 25.0 Å². The van der Waals surface area contributed by atoms with Gasteiger partial charge in [0.15, 0.2) is 12.4 Å². The molecule has 2 rings (SSSR count). The summed E-state index contributed by atoms with van der Waals surface area (Å²) in [4.78, 5) is 32.1. The van der Waals surface area contributed by atoms with Crippen LogP contribution in [0.2, 0.25) is 0 Å². The fraction of sp³-hybridized carbons (Fsp3) is 0.278. The second-order valence-electron chi connectivity index (χ2n) is 6.24. The van der Waals surface area contributed by atoms with Gasteiger partial charge in [-0.2, -0.15) is 8.70 Å². The van der Waals surface area contributed by atoms with Gasteiger partial charge in [0, 0.05) is 30.9 Å². The Labute approximate surface area is 181 Å². The number of ether oxygens (including phenoxy) is 1. The standard InChI is InChI=1S/C18H19FN4O8S/c1-3-21(4-2)32(29,30)13-6-8-17(16(10-13)23(27)28)31-11-18(24)20-12-5-7-14(19)15(9-12)22(25)26/h5-10H,3-4,11H2,1-2H3,(H,20,24). The summed E-state index contributed by atoms with van der Waals surface area (Å²) in [5, 5.41) is 24.4. The Morgan fingerprint density at radius 1 is 1.06 bits per heavy atom. The van der Waals surface area contributed by atoms with Gasteiger partial charge in [0.05, 0.1) is 14.7 Å². The van der Waals surface area contributed by atoms with Crippen molar-refractivity contribution in [2.24, 2.45) is 0 Å². The molecule has 0 fully saturated rings. The molecule has 0 spiro atoms. The van der Waals surface area contributed by atoms with Crippen LogP contribution in [0.4, 0.5) is 21.5 Å². The van der Waals surface area contributed by atoms with Crippen LogP contribution >= 0.6 is 0 Å². The van der Waals surface area contributed by atoms with Gasteiger partial charge in [-0.1, -0.05) is 13.8 Å². The highest BCUT2D eigenvalue weighted by Gasteiger charge is 2.26. The maximum absolute atomic E-state index is 13.4. The minimum atomic E-state index is -3.95. The number of carbonyl (C=O) groups is 1. The number of benzene rings is 2. The smallest absolute Gasteiger partial charge is 0.312 e. The number of nitro groups is 2. The Balaban J connectivity index is 2.19. The number of nitro benzene ring substituents is 2. The van der Waals surface area contributed by atoms with Crippen LogP contribution in [-0.4, -0.2) is 48.2 Å². The van der Waals surface area contributed by atoms with E-state index in [2.05, 4.69) is 5.32 Å². The van der Waals surface area contributed by atoms with Crippen molar-refractivity contribution >= 4 is 33.0 Å². The summed E-state index contributed by atoms with van der Waals surface area (Å²) in [5.41, 5.74) is -1.59. The number of carbonyl (C=O) groups excluding carboxylic acids is 1. The summed E-state index contributed by atoms with van der Waals surface area (Å²) >= 11 is 0. The summed E-state index contributed by atoms with van der Waals surface area (Å²) < 4.78 is 44.8. The zero-order valence-corrected chi connectivity index (χ0v) is 17.8. The molecule has 0 aromatic heterocycles. The Hall–Kier alpha value is -3.65. The lowest BCUT2D eigenvalue weighted by atomic mass is 10.2. The molecule has 1 amide bonds. The third kappa shape index (κ3) is 5.53. The van der Waals surface area contributed by atoms with Crippen molar-refractivity contribution in [3.05, 3.63) is 62.4 Å². The number of nitrogens with zero attached hydrogens (tertiary/aromatic N) is 3. The number of hydrogen-bond acceptors (Lipinski definition) is 8. The number of sulfonamides is 1. The van der Waals surface area contributed by atoms with Gasteiger partial charge >= 0.3 is 11.4 Å². The Kier molecular flexibility index (Phi) is 7.77. The largest absolute Gasteiger partial charge is 0.477 e. The number of rotatable bonds is 10. The van der Waals surface area contributed by atoms with E-state index >= 15 is 0 Å². The molecule has 0 unspecified atom stereocenters. The monoisotopic (exact) mass is 470 g/mol. The molecule has 0 saturated carbocycles. The summed E-state index contributed by atoms with van der Waals surface area (Å²) in [6.07, 6.45) is 0. The molecule has 0 bridgehead atoms. The van der Waals surface area contributed by atoms with Crippen LogP contribution in [0.25, 0.3) is 0 Å². The van der Waals surface area contributed by atoms with Crippen molar-refractivity contribution in [2.45, 2.75) is 18.7 Å². The second kappa shape index (κ2) is 10.1. The lowest BCUT2D eigenvalue weighted by Gasteiger charge is -2.18. The van der Waals surface area contributed by atoms with Crippen LogP contribution in [0, 0.1) is 26.0 Å². The predicted molar refractivity (Wildman–Crippen MR) is 110 cm³/mol. The third-order valence-electron chi connectivity index (χ3n) is 4.26. The Bertz CT molecular complexity index is 1150. The molecule has 0 radical (unpaired) electrons. The molecule has 2 aromatic carbocycles. The van der Waals surface area contributed by atoms with Crippen LogP contribution in [0.1, 0.15) is 13.8 Å². The van der Waals surface area contributed by atoms with E-state index in [0.29, 0.717) is 0 Å². The van der Waals surface area contributed by atoms with E-state index in [9.17, 15) is 37.8 Å². The van der Waals surface area contributed by atoms with E-state index in [4.69, 9.17) is 4.74 Å². The first-order valence-corrected chi connectivity index (χ1v) is 10.6. The molecule has 12 nitrogen and oxygen atoms in total. The maximum Gasteiger partial charge on any atom is 0.312 e. The second-order valence-corrected chi connectivity index (χ2v) is 8.17. The van der Waals surface area contributed by atoms with E-state index in [1.54, 1.807) is 13.8 Å². The van der Waals surface area contributed by atoms with E-state index in [1.807, 2.05) is 0 Å². The number of halogens is 1. The van der Waals surface area contributed by atoms with Crippen molar-refractivity contribution in [3.63, 3.8) is 0 Å². The first kappa shape index (κ1) is 24.6. The van der Waals surface area contributed by atoms with Crippen molar-refractivity contribution < 1.29 is 32.2 Å². The minimum absolute atomic E-state index is 0.0816. The van der Waals surface area contributed by atoms with Crippen molar-refractivity contribution in [3.8, 4) is 5.75 Å². The SMILES string of the molecule is CCN(CC)S(=O)(=O)c1ccc(OCC(=O)Nc2ccc(F)c([N+](=O)[O-])c2)c([N+](=O)[O-])c1. The van der Waals surface area contributed by atoms with E-state index in [1.165, 1.54) is 0 Å². The average Bonchev–Trinajstić information content (AvgIpc) is 2.73. The first-order chi connectivity index (χ1) is 15.0. The fourth-order valence-electron chi connectivity index (χ4n) is 2.71. The summed E-state index contributed by atoms with van der Waals surface area (Å²) in [7, 11) is -3.95. The molecular formula is C18H19FN4O8S. The first-order valence-electron chi connectivity index (χ1n) is 9.16. The topological polar surface area (TPSA) is 162 Å². The van der Waals surface area contributed by atoms with E-state index in [-0.39, 0.29) is 29.4 Å². The van der Waals surface area contributed by atoms with Crippen molar-refractivity contribution in [1.82, 2.24) is 4.31 Å². The fourth-order valence-corrected chi connectivity index (χ4v) is 4.18. The quantitative estimate of drug-likeness (QED) is 0.409. The van der Waals surface area contributed by atoms with Crippen molar-refractivity contribution in [2.75, 3.05) is 25.0 Å². The van der Waals surface area contributed by atoms with Crippen LogP contribution in [0.5, 0.6) is 5.75 Å². The zero-order chi connectivity index (χ0) is 24.1. The summed E-state index contributed by atoms with van der Waals surface area (Å²) in [5.74, 6) is -2.27. The van der Waals surface area contributed by atoms with Gasteiger partial charge in [0.1, 0.15) is 0 Å². The molecule has 0 aliphatic carbocycles. The van der Waals surface area contributed by atoms with Gasteiger partial charge in [-0.25, -0.2) is 8.42 Å². The molecular weight excluding hydrogens is 451 g/mol. The number of amides is 1. The number of hydrogen-bond donors (Lipinski definition) is 1. The highest BCUT2D eigenvalue weighted by atomic mass is 32.2. The minimum Gasteiger partial charge on any atom is -0.477 e. The lowest BCUT2D eigenvalue weighted by molar-refractivity contribution is -0.387. The van der Waals surface area contributed by atoms with Crippen molar-refractivity contribution in [1.29, 1.82) is 0 Å². The number of nitrogens with one attached hydrogen (secondary N) is 1. The highest BCUT2D eigenvalue weighted by molar-refractivity contribution is 7.89. The zero-order valence-electron chi connectivity index (χ0n) is 17.0. The van der Waals surface area contributed by atoms with Crippen LogP contribution in [0.3, 0.4) is 0 Å². The Morgan fingerprint density at radius 2 is 1.69 bits per heavy atom. The molecule has 0 aliphatic rings. The maximum atomic E-state index is 13.4. The van der Waals surface area contributed by atoms with Gasteiger partial charge in [0.25, 0.3) is 5.91 Å². The molecule has 0 atom stereocenters. The summed E-state index contributed by atoms with van der Waals surface area (Å²) in [6, 6.07) is 5.72. The highest BCUT2D eigenvalue weighted by Crippen LogP contribution is 2.31. The van der Waals surface area contributed by atoms with Crippen LogP contribution in [-0.2, 0) is 14.8 Å². The van der Waals surface area contributed by atoms with Gasteiger partial charge < -0.3 is 10.1 Å². The normalized spacial score (nSPS) is 11.2. The Morgan fingerprint density at radius 3 is 2.25 bits per heavy atom.